The molecule has 2 unspecified atom stereocenters. The molecule has 2 aromatic carbocycles. The maximum Gasteiger partial charge on any atom is 0.163 e. The molecule has 0 bridgehead atoms. The van der Waals surface area contributed by atoms with Crippen LogP contribution in [0.4, 0.5) is 11.4 Å². The van der Waals surface area contributed by atoms with Crippen molar-refractivity contribution in [3.05, 3.63) is 95.1 Å². The number of Topliss-reactive ketones (excluding diaryl/α,β-unsaturated/α-hetero) is 1. The molecule has 4 heteroatoms. The van der Waals surface area contributed by atoms with Crippen LogP contribution >= 0.6 is 0 Å². The molecule has 3 aromatic rings. The predicted molar refractivity (Wildman–Crippen MR) is 110 cm³/mol. The van der Waals surface area contributed by atoms with Crippen molar-refractivity contribution >= 4 is 17.2 Å². The van der Waals surface area contributed by atoms with Gasteiger partial charge in [0.1, 0.15) is 11.8 Å². The molecule has 0 amide bonds. The first-order valence-corrected chi connectivity index (χ1v) is 9.68. The zero-order chi connectivity index (χ0) is 19.1. The summed E-state index contributed by atoms with van der Waals surface area (Å²) < 4.78 is 5.69. The van der Waals surface area contributed by atoms with Crippen LogP contribution < -0.4 is 10.6 Å². The molecule has 0 radical (unpaired) electrons. The fraction of sp³-hybridized carbons (Fsp3) is 0.208. The minimum Gasteiger partial charge on any atom is -0.467 e. The van der Waals surface area contributed by atoms with Crippen LogP contribution in [-0.2, 0) is 4.79 Å². The number of rotatable bonds is 2. The van der Waals surface area contributed by atoms with Crippen molar-refractivity contribution in [2.24, 2.45) is 0 Å². The van der Waals surface area contributed by atoms with E-state index in [0.29, 0.717) is 6.42 Å². The Bertz CT molecular complexity index is 1050. The van der Waals surface area contributed by atoms with Crippen molar-refractivity contribution in [2.45, 2.75) is 31.7 Å². The van der Waals surface area contributed by atoms with E-state index >= 15 is 0 Å². The van der Waals surface area contributed by atoms with Crippen LogP contribution in [0, 0.1) is 6.92 Å². The number of hydrogen-bond acceptors (Lipinski definition) is 4. The van der Waals surface area contributed by atoms with Gasteiger partial charge in [-0.3, -0.25) is 4.79 Å². The Morgan fingerprint density at radius 3 is 2.46 bits per heavy atom. The Labute approximate surface area is 164 Å². The van der Waals surface area contributed by atoms with Gasteiger partial charge >= 0.3 is 0 Å². The van der Waals surface area contributed by atoms with Crippen LogP contribution in [0.25, 0.3) is 0 Å². The third-order valence-electron chi connectivity index (χ3n) is 5.69. The lowest BCUT2D eigenvalue weighted by Crippen LogP contribution is -2.26. The number of para-hydroxylation sites is 2. The van der Waals surface area contributed by atoms with E-state index in [0.717, 1.165) is 34.8 Å². The summed E-state index contributed by atoms with van der Waals surface area (Å²) in [5.41, 5.74) is 6.18. The van der Waals surface area contributed by atoms with Crippen molar-refractivity contribution < 1.29 is 9.21 Å². The molecule has 0 saturated carbocycles. The van der Waals surface area contributed by atoms with Crippen LogP contribution in [-0.4, -0.2) is 5.78 Å². The van der Waals surface area contributed by atoms with Crippen LogP contribution in [0.1, 0.15) is 41.7 Å². The summed E-state index contributed by atoms with van der Waals surface area (Å²) in [6.07, 6.45) is 2.97. The number of carbonyl (C=O) groups is 1. The average molecular weight is 370 g/mol. The van der Waals surface area contributed by atoms with Gasteiger partial charge in [0.15, 0.2) is 5.78 Å². The maximum atomic E-state index is 13.3. The van der Waals surface area contributed by atoms with Crippen molar-refractivity contribution in [1.82, 2.24) is 0 Å². The third kappa shape index (κ3) is 2.91. The second kappa shape index (κ2) is 6.71. The van der Waals surface area contributed by atoms with Gasteiger partial charge < -0.3 is 15.1 Å². The second-order valence-electron chi connectivity index (χ2n) is 7.59. The Morgan fingerprint density at radius 1 is 0.929 bits per heavy atom. The number of nitrogens with one attached hydrogen (secondary N) is 2. The summed E-state index contributed by atoms with van der Waals surface area (Å²) in [7, 11) is 0. The van der Waals surface area contributed by atoms with Crippen molar-refractivity contribution in [3.8, 4) is 0 Å². The summed E-state index contributed by atoms with van der Waals surface area (Å²) in [5, 5.41) is 7.07. The van der Waals surface area contributed by atoms with Crippen LogP contribution in [0.5, 0.6) is 0 Å². The van der Waals surface area contributed by atoms with E-state index in [1.807, 2.05) is 36.4 Å². The number of ketones is 1. The smallest absolute Gasteiger partial charge is 0.163 e. The Kier molecular flexibility index (Phi) is 4.05. The van der Waals surface area contributed by atoms with E-state index in [1.165, 1.54) is 11.1 Å². The summed E-state index contributed by atoms with van der Waals surface area (Å²) in [6, 6.07) is 20.1. The normalized spacial score (nSPS) is 21.2. The topological polar surface area (TPSA) is 54.3 Å². The lowest BCUT2D eigenvalue weighted by Gasteiger charge is -2.29. The van der Waals surface area contributed by atoms with Gasteiger partial charge in [0.25, 0.3) is 0 Å². The number of hydrogen-bond donors (Lipinski definition) is 2. The number of furan rings is 1. The van der Waals surface area contributed by atoms with E-state index in [2.05, 4.69) is 41.8 Å². The molecule has 2 atom stereocenters. The first kappa shape index (κ1) is 16.9. The van der Waals surface area contributed by atoms with Gasteiger partial charge in [0.05, 0.1) is 17.6 Å². The van der Waals surface area contributed by atoms with Gasteiger partial charge in [-0.1, -0.05) is 42.0 Å². The lowest BCUT2D eigenvalue weighted by atomic mass is 9.79. The highest BCUT2D eigenvalue weighted by Crippen LogP contribution is 2.44. The molecular weight excluding hydrogens is 348 g/mol. The number of anilines is 2. The molecular formula is C24H22N2O2. The number of allylic oxidation sites excluding steroid dienone is 1. The van der Waals surface area contributed by atoms with E-state index in [-0.39, 0.29) is 17.7 Å². The molecule has 0 saturated heterocycles. The van der Waals surface area contributed by atoms with Crippen LogP contribution in [0.15, 0.2) is 82.6 Å². The van der Waals surface area contributed by atoms with Crippen molar-refractivity contribution in [1.29, 1.82) is 0 Å². The molecule has 2 N–H and O–H groups in total. The maximum absolute atomic E-state index is 13.3. The number of aryl methyl sites for hydroxylation is 1. The van der Waals surface area contributed by atoms with E-state index in [9.17, 15) is 4.79 Å². The summed E-state index contributed by atoms with van der Waals surface area (Å²) in [6.45, 7) is 2.08. The molecule has 2 aliphatic rings. The van der Waals surface area contributed by atoms with Crippen LogP contribution in [0.3, 0.4) is 0 Å². The average Bonchev–Trinajstić information content (AvgIpc) is 3.17. The van der Waals surface area contributed by atoms with Crippen LogP contribution in [0.2, 0.25) is 0 Å². The summed E-state index contributed by atoms with van der Waals surface area (Å²) in [4.78, 5) is 13.3. The molecule has 4 nitrogen and oxygen atoms in total. The van der Waals surface area contributed by atoms with Gasteiger partial charge in [0.2, 0.25) is 0 Å². The molecule has 1 aromatic heterocycles. The zero-order valence-electron chi connectivity index (χ0n) is 15.7. The molecule has 1 aliphatic heterocycles. The highest BCUT2D eigenvalue weighted by Gasteiger charge is 2.36. The Hall–Kier alpha value is -3.27. The standard InChI is InChI=1S/C24H22N2O2/c1-15-8-10-16(11-9-15)17-13-20-23(21(27)14-17)24(22-7-4-12-28-22)26-19-6-3-2-5-18(19)25-20/h2-12,17,24-26H,13-14H2,1H3. The highest BCUT2D eigenvalue weighted by molar-refractivity contribution is 6.01. The highest BCUT2D eigenvalue weighted by atomic mass is 16.3. The molecule has 2 heterocycles. The monoisotopic (exact) mass is 370 g/mol. The minimum atomic E-state index is -0.285. The lowest BCUT2D eigenvalue weighted by molar-refractivity contribution is -0.116. The van der Waals surface area contributed by atoms with E-state index in [1.54, 1.807) is 6.26 Å². The predicted octanol–water partition coefficient (Wildman–Crippen LogP) is 5.57. The largest absolute Gasteiger partial charge is 0.467 e. The molecule has 0 spiro atoms. The number of fused-ring (bicyclic) bond motifs is 1. The van der Waals surface area contributed by atoms with Gasteiger partial charge in [-0.05, 0) is 49.1 Å². The first-order chi connectivity index (χ1) is 13.7. The Morgan fingerprint density at radius 2 is 1.71 bits per heavy atom. The van der Waals surface area contributed by atoms with E-state index in [4.69, 9.17) is 4.42 Å². The van der Waals surface area contributed by atoms with Gasteiger partial charge in [-0.15, -0.1) is 0 Å². The SMILES string of the molecule is Cc1ccc(C2CC(=O)C3=C(C2)Nc2ccccc2NC3c2ccco2)cc1. The molecule has 0 fully saturated rings. The quantitative estimate of drug-likeness (QED) is 0.619. The summed E-state index contributed by atoms with van der Waals surface area (Å²) >= 11 is 0. The van der Waals surface area contributed by atoms with Crippen molar-refractivity contribution in [2.75, 3.05) is 10.6 Å². The van der Waals surface area contributed by atoms with Gasteiger partial charge in [0, 0.05) is 17.7 Å². The fourth-order valence-corrected chi connectivity index (χ4v) is 4.24. The third-order valence-corrected chi connectivity index (χ3v) is 5.69. The minimum absolute atomic E-state index is 0.168. The van der Waals surface area contributed by atoms with Gasteiger partial charge in [-0.25, -0.2) is 0 Å². The summed E-state index contributed by atoms with van der Waals surface area (Å²) in [5.74, 6) is 1.11. The Balaban J connectivity index is 1.59. The van der Waals surface area contributed by atoms with E-state index < -0.39 is 0 Å². The molecule has 28 heavy (non-hydrogen) atoms. The molecule has 140 valence electrons. The van der Waals surface area contributed by atoms with Gasteiger partial charge in [-0.2, -0.15) is 0 Å². The number of carbonyl (C=O) groups excluding carboxylic acids is 1. The molecule has 1 aliphatic carbocycles. The fourth-order valence-electron chi connectivity index (χ4n) is 4.24. The zero-order valence-corrected chi connectivity index (χ0v) is 15.7. The van der Waals surface area contributed by atoms with Crippen molar-refractivity contribution in [3.63, 3.8) is 0 Å². The molecule has 5 rings (SSSR count). The second-order valence-corrected chi connectivity index (χ2v) is 7.59. The number of benzene rings is 2. The first-order valence-electron chi connectivity index (χ1n) is 9.68.